The van der Waals surface area contributed by atoms with Crippen molar-refractivity contribution in [2.75, 3.05) is 0 Å². The van der Waals surface area contributed by atoms with Gasteiger partial charge in [0.1, 0.15) is 42.9 Å². The molecule has 0 bridgehead atoms. The van der Waals surface area contributed by atoms with Crippen molar-refractivity contribution in [3.05, 3.63) is 11.6 Å². The Kier molecular flexibility index (Phi) is 10.9. The van der Waals surface area contributed by atoms with Crippen molar-refractivity contribution >= 4 is 24.2 Å². The molecule has 7 rings (SSSR count). The molecule has 2 saturated heterocycles. The number of fused-ring (bicyclic) bond motifs is 7. The molecular formula is C42H62O16. The Balaban J connectivity index is 1.17. The van der Waals surface area contributed by atoms with Gasteiger partial charge in [-0.25, -0.2) is 9.59 Å². The highest BCUT2D eigenvalue weighted by Crippen LogP contribution is 2.76. The van der Waals surface area contributed by atoms with Gasteiger partial charge in [-0.2, -0.15) is 0 Å². The van der Waals surface area contributed by atoms with Crippen LogP contribution in [0.1, 0.15) is 106 Å². The maximum absolute atomic E-state index is 13.8. The smallest absolute Gasteiger partial charge is 0.335 e. The predicted octanol–water partition coefficient (Wildman–Crippen LogP) is 2.25. The van der Waals surface area contributed by atoms with Crippen molar-refractivity contribution in [3.63, 3.8) is 0 Å². The zero-order valence-corrected chi connectivity index (χ0v) is 34.2. The lowest BCUT2D eigenvalue weighted by Gasteiger charge is -2.72. The van der Waals surface area contributed by atoms with Crippen LogP contribution in [0.3, 0.4) is 0 Å². The van der Waals surface area contributed by atoms with E-state index in [9.17, 15) is 60.0 Å². The number of hydrogen-bond acceptors (Lipinski definition) is 13. The fourth-order valence-corrected chi connectivity index (χ4v) is 13.4. The number of carboxylic acids is 3. The van der Waals surface area contributed by atoms with E-state index in [0.29, 0.717) is 25.7 Å². The molecule has 0 aromatic carbocycles. The lowest BCUT2D eigenvalue weighted by molar-refractivity contribution is -0.371. The van der Waals surface area contributed by atoms with Gasteiger partial charge in [0, 0.05) is 5.41 Å². The van der Waals surface area contributed by atoms with E-state index < -0.39 is 102 Å². The number of aldehydes is 1. The van der Waals surface area contributed by atoms with Crippen LogP contribution < -0.4 is 0 Å². The molecule has 16 heteroatoms. The Labute approximate surface area is 337 Å². The molecule has 19 atom stereocenters. The van der Waals surface area contributed by atoms with Gasteiger partial charge >= 0.3 is 17.9 Å². The first-order valence-electron chi connectivity index (χ1n) is 20.8. The molecule has 16 nitrogen and oxygen atoms in total. The molecule has 19 unspecified atom stereocenters. The van der Waals surface area contributed by atoms with Crippen LogP contribution in [0, 0.1) is 50.2 Å². The lowest BCUT2D eigenvalue weighted by atomic mass is 9.32. The van der Waals surface area contributed by atoms with E-state index in [1.54, 1.807) is 0 Å². The van der Waals surface area contributed by atoms with E-state index in [1.165, 1.54) is 5.57 Å². The summed E-state index contributed by atoms with van der Waals surface area (Å²) in [6.07, 6.45) is -9.86. The SMILES string of the molecule is CC1(C(=O)O)C=C2C3CCC4C5(C=O)CCC(OC6OC(C(=O)O)C(O)C(O)C6OC6OC(C(=O)O)C(O)C(O)C6O)C(C)(C)C5CCC4(C)C3(C)CCC2(C)CC1. The standard InChI is InChI=1S/C42H62O16/c1-37(2)21-9-11-41(6)22(8-7-19-20-17-39(4,36(53)54)14-13-38(20,3)15-16-40(19,41)5)42(21,18-43)12-10-23(37)55-35-31(27(47)26(46)30(57-35)33(51)52)58-34-28(48)24(44)25(45)29(56-34)32(49)50/h17-19,21-31,34-35,44-48H,7-16H2,1-6H3,(H,49,50)(H,51,52)(H,53,54). The number of ether oxygens (including phenoxy) is 4. The Morgan fingerprint density at radius 3 is 1.86 bits per heavy atom. The maximum atomic E-state index is 13.8. The highest BCUT2D eigenvalue weighted by molar-refractivity contribution is 5.77. The van der Waals surface area contributed by atoms with Crippen molar-refractivity contribution in [3.8, 4) is 0 Å². The fraction of sp³-hybridized carbons (Fsp3) is 0.857. The van der Waals surface area contributed by atoms with E-state index in [0.717, 1.165) is 44.8 Å². The quantitative estimate of drug-likeness (QED) is 0.0991. The number of carboxylic acid groups (broad SMARTS) is 3. The third-order valence-electron chi connectivity index (χ3n) is 17.2. The molecule has 0 aromatic heterocycles. The molecule has 58 heavy (non-hydrogen) atoms. The summed E-state index contributed by atoms with van der Waals surface area (Å²) >= 11 is 0. The minimum Gasteiger partial charge on any atom is -0.481 e. The van der Waals surface area contributed by atoms with Gasteiger partial charge in [0.25, 0.3) is 0 Å². The molecule has 2 aliphatic heterocycles. The van der Waals surface area contributed by atoms with Gasteiger partial charge in [-0.05, 0) is 111 Å². The van der Waals surface area contributed by atoms with Crippen LogP contribution in [0.5, 0.6) is 0 Å². The van der Waals surface area contributed by atoms with Gasteiger partial charge in [0.05, 0.1) is 11.5 Å². The molecule has 5 aliphatic carbocycles. The number of aliphatic hydroxyl groups is 5. The van der Waals surface area contributed by atoms with Crippen molar-refractivity contribution in [2.45, 2.75) is 173 Å². The molecule has 6 fully saturated rings. The van der Waals surface area contributed by atoms with E-state index >= 15 is 0 Å². The minimum atomic E-state index is -2.05. The van der Waals surface area contributed by atoms with E-state index in [-0.39, 0.29) is 34.0 Å². The van der Waals surface area contributed by atoms with Gasteiger partial charge in [-0.3, -0.25) is 4.79 Å². The average Bonchev–Trinajstić information content (AvgIpc) is 3.15. The lowest BCUT2D eigenvalue weighted by Crippen LogP contribution is -2.68. The van der Waals surface area contributed by atoms with Gasteiger partial charge in [-0.1, -0.05) is 46.3 Å². The molecule has 326 valence electrons. The van der Waals surface area contributed by atoms with E-state index in [1.807, 2.05) is 20.8 Å². The Morgan fingerprint density at radius 1 is 0.655 bits per heavy atom. The van der Waals surface area contributed by atoms with Gasteiger partial charge in [0.2, 0.25) is 0 Å². The monoisotopic (exact) mass is 822 g/mol. The third kappa shape index (κ3) is 6.25. The van der Waals surface area contributed by atoms with Crippen LogP contribution in [0.25, 0.3) is 0 Å². The summed E-state index contributed by atoms with van der Waals surface area (Å²) in [5.74, 6) is -4.07. The van der Waals surface area contributed by atoms with Crippen LogP contribution in [0.4, 0.5) is 0 Å². The van der Waals surface area contributed by atoms with E-state index in [4.69, 9.17) is 18.9 Å². The number of aliphatic hydroxyl groups excluding tert-OH is 5. The normalized spacial score (nSPS) is 52.4. The van der Waals surface area contributed by atoms with Crippen molar-refractivity contribution in [1.29, 1.82) is 0 Å². The number of aliphatic carboxylic acids is 3. The Hall–Kier alpha value is -2.54. The average molecular weight is 823 g/mol. The second-order valence-electron chi connectivity index (χ2n) is 20.3. The Morgan fingerprint density at radius 2 is 1.26 bits per heavy atom. The molecule has 0 spiro atoms. The summed E-state index contributed by atoms with van der Waals surface area (Å²) < 4.78 is 23.4. The number of rotatable bonds is 8. The second kappa shape index (κ2) is 14.5. The van der Waals surface area contributed by atoms with Crippen LogP contribution in [-0.4, -0.2) is 133 Å². The summed E-state index contributed by atoms with van der Waals surface area (Å²) in [6.45, 7) is 12.8. The number of allylic oxidation sites excluding steroid dienone is 1. The zero-order valence-electron chi connectivity index (χ0n) is 34.2. The molecule has 0 aromatic rings. The zero-order chi connectivity index (χ0) is 42.7. The fourth-order valence-electron chi connectivity index (χ4n) is 13.4. The van der Waals surface area contributed by atoms with Gasteiger partial charge in [-0.15, -0.1) is 0 Å². The van der Waals surface area contributed by atoms with Gasteiger partial charge < -0.3 is 64.6 Å². The molecular weight excluding hydrogens is 760 g/mol. The number of carbonyl (C=O) groups is 4. The summed E-state index contributed by atoms with van der Waals surface area (Å²) in [5.41, 5.74) is -1.64. The molecule has 0 radical (unpaired) electrons. The Bertz CT molecular complexity index is 1700. The third-order valence-corrected chi connectivity index (χ3v) is 17.2. The van der Waals surface area contributed by atoms with Crippen molar-refractivity contribution < 1.29 is 79.0 Å². The topological polar surface area (TPSA) is 267 Å². The second-order valence-corrected chi connectivity index (χ2v) is 20.3. The highest BCUT2D eigenvalue weighted by Gasteiger charge is 2.71. The summed E-state index contributed by atoms with van der Waals surface area (Å²) in [7, 11) is 0. The van der Waals surface area contributed by atoms with Crippen LogP contribution in [-0.2, 0) is 38.1 Å². The number of hydrogen-bond donors (Lipinski definition) is 8. The molecule has 2 heterocycles. The molecule has 4 saturated carbocycles. The maximum Gasteiger partial charge on any atom is 0.335 e. The largest absolute Gasteiger partial charge is 0.481 e. The summed E-state index contributed by atoms with van der Waals surface area (Å²) in [5, 5.41) is 83.0. The first kappa shape index (κ1) is 43.5. The predicted molar refractivity (Wildman–Crippen MR) is 199 cm³/mol. The highest BCUT2D eigenvalue weighted by atomic mass is 16.8. The van der Waals surface area contributed by atoms with E-state index in [2.05, 4.69) is 26.8 Å². The first-order chi connectivity index (χ1) is 26.9. The van der Waals surface area contributed by atoms with Crippen LogP contribution >= 0.6 is 0 Å². The van der Waals surface area contributed by atoms with Crippen molar-refractivity contribution in [2.24, 2.45) is 50.2 Å². The first-order valence-corrected chi connectivity index (χ1v) is 20.8. The summed E-state index contributed by atoms with van der Waals surface area (Å²) in [6, 6.07) is 0. The minimum absolute atomic E-state index is 0.0152. The van der Waals surface area contributed by atoms with Crippen molar-refractivity contribution in [1.82, 2.24) is 0 Å². The molecule has 7 aliphatic rings. The molecule has 8 N–H and O–H groups in total. The number of carbonyl (C=O) groups excluding carboxylic acids is 1. The summed E-state index contributed by atoms with van der Waals surface area (Å²) in [4.78, 5) is 50.3. The van der Waals surface area contributed by atoms with Gasteiger partial charge in [0.15, 0.2) is 24.8 Å². The van der Waals surface area contributed by atoms with Crippen LogP contribution in [0.15, 0.2) is 11.6 Å². The molecule has 0 amide bonds. The van der Waals surface area contributed by atoms with Crippen LogP contribution in [0.2, 0.25) is 0 Å².